The highest BCUT2D eigenvalue weighted by Crippen LogP contribution is 2.35. The molecule has 0 spiro atoms. The van der Waals surface area contributed by atoms with Gasteiger partial charge in [-0.1, -0.05) is 32.0 Å². The first-order valence-electron chi connectivity index (χ1n) is 9.76. The van der Waals surface area contributed by atoms with E-state index in [9.17, 15) is 9.59 Å². The zero-order valence-corrected chi connectivity index (χ0v) is 17.3. The Morgan fingerprint density at radius 2 is 1.82 bits per heavy atom. The molecule has 5 heteroatoms. The smallest absolute Gasteiger partial charge is 0.229 e. The average Bonchev–Trinajstić information content (AvgIpc) is 3.03. The number of hydrogen-bond donors (Lipinski definition) is 1. The summed E-state index contributed by atoms with van der Waals surface area (Å²) in [5.74, 6) is -0.126. The summed E-state index contributed by atoms with van der Waals surface area (Å²) in [4.78, 5) is 29.3. The lowest BCUT2D eigenvalue weighted by Crippen LogP contribution is -2.29. The van der Waals surface area contributed by atoms with Gasteiger partial charge in [0.1, 0.15) is 0 Å². The van der Waals surface area contributed by atoms with Crippen molar-refractivity contribution in [3.8, 4) is 0 Å². The molecule has 1 heterocycles. The molecule has 1 fully saturated rings. The van der Waals surface area contributed by atoms with Crippen molar-refractivity contribution in [2.75, 3.05) is 35.8 Å². The molecule has 28 heavy (non-hydrogen) atoms. The van der Waals surface area contributed by atoms with Gasteiger partial charge in [-0.05, 0) is 48.2 Å². The standard InChI is InChI=1S/C23H29N3O2/c1-15(2)20-8-6-7-16(3)22(20)26-14-17(13-21(26)27)23(28)24-18-9-11-19(12-10-18)25(4)5/h6-12,15,17H,13-14H2,1-5H3,(H,24,28). The summed E-state index contributed by atoms with van der Waals surface area (Å²) in [5.41, 5.74) is 5.00. The van der Waals surface area contributed by atoms with E-state index >= 15 is 0 Å². The lowest BCUT2D eigenvalue weighted by molar-refractivity contribution is -0.122. The number of carbonyl (C=O) groups is 2. The molecule has 0 bridgehead atoms. The van der Waals surface area contributed by atoms with Gasteiger partial charge in [-0.25, -0.2) is 0 Å². The van der Waals surface area contributed by atoms with Crippen LogP contribution in [0.15, 0.2) is 42.5 Å². The number of rotatable bonds is 5. The number of nitrogens with one attached hydrogen (secondary N) is 1. The number of nitrogens with zero attached hydrogens (tertiary/aromatic N) is 2. The summed E-state index contributed by atoms with van der Waals surface area (Å²) in [5, 5.41) is 2.96. The molecule has 2 amide bonds. The maximum absolute atomic E-state index is 12.8. The zero-order valence-electron chi connectivity index (χ0n) is 17.3. The SMILES string of the molecule is Cc1cccc(C(C)C)c1N1CC(C(=O)Nc2ccc(N(C)C)cc2)CC1=O. The molecule has 2 aromatic rings. The predicted octanol–water partition coefficient (Wildman–Crippen LogP) is 4.18. The highest BCUT2D eigenvalue weighted by atomic mass is 16.2. The second-order valence-corrected chi connectivity index (χ2v) is 8.00. The molecule has 0 aromatic heterocycles. The van der Waals surface area contributed by atoms with E-state index in [0.717, 1.165) is 28.2 Å². The minimum Gasteiger partial charge on any atom is -0.378 e. The van der Waals surface area contributed by atoms with E-state index in [1.807, 2.05) is 62.3 Å². The molecule has 1 N–H and O–H groups in total. The fraction of sp³-hybridized carbons (Fsp3) is 0.391. The van der Waals surface area contributed by atoms with Gasteiger partial charge in [0, 0.05) is 44.1 Å². The van der Waals surface area contributed by atoms with Crippen LogP contribution in [0.3, 0.4) is 0 Å². The van der Waals surface area contributed by atoms with E-state index < -0.39 is 0 Å². The van der Waals surface area contributed by atoms with Gasteiger partial charge in [0.25, 0.3) is 0 Å². The summed E-state index contributed by atoms with van der Waals surface area (Å²) in [6.45, 7) is 6.69. The number of anilines is 3. The van der Waals surface area contributed by atoms with Crippen LogP contribution in [0.4, 0.5) is 17.1 Å². The third-order valence-electron chi connectivity index (χ3n) is 5.31. The van der Waals surface area contributed by atoms with Gasteiger partial charge < -0.3 is 15.1 Å². The molecular formula is C23H29N3O2. The van der Waals surface area contributed by atoms with Gasteiger partial charge in [-0.3, -0.25) is 9.59 Å². The first kappa shape index (κ1) is 19.9. The summed E-state index contributed by atoms with van der Waals surface area (Å²) in [6, 6.07) is 13.8. The molecule has 3 rings (SSSR count). The van der Waals surface area contributed by atoms with E-state index in [2.05, 4.69) is 25.2 Å². The van der Waals surface area contributed by atoms with Crippen LogP contribution in [0, 0.1) is 12.8 Å². The largest absolute Gasteiger partial charge is 0.378 e. The summed E-state index contributed by atoms with van der Waals surface area (Å²) < 4.78 is 0. The van der Waals surface area contributed by atoms with E-state index in [1.165, 1.54) is 0 Å². The minimum absolute atomic E-state index is 0.0132. The van der Waals surface area contributed by atoms with Crippen molar-refractivity contribution in [1.82, 2.24) is 0 Å². The molecule has 2 aromatic carbocycles. The molecule has 148 valence electrons. The van der Waals surface area contributed by atoms with Crippen molar-refractivity contribution in [2.45, 2.75) is 33.1 Å². The average molecular weight is 380 g/mol. The summed E-state index contributed by atoms with van der Waals surface area (Å²) in [7, 11) is 3.95. The molecule has 0 radical (unpaired) electrons. The Balaban J connectivity index is 1.75. The Bertz CT molecular complexity index is 872. The van der Waals surface area contributed by atoms with Crippen molar-refractivity contribution in [3.63, 3.8) is 0 Å². The first-order valence-corrected chi connectivity index (χ1v) is 9.76. The van der Waals surface area contributed by atoms with Crippen LogP contribution in [0.2, 0.25) is 0 Å². The van der Waals surface area contributed by atoms with Crippen LogP contribution in [0.25, 0.3) is 0 Å². The van der Waals surface area contributed by atoms with Crippen LogP contribution in [0.5, 0.6) is 0 Å². The molecule has 0 saturated carbocycles. The van der Waals surface area contributed by atoms with Crippen LogP contribution in [0.1, 0.15) is 37.3 Å². The van der Waals surface area contributed by atoms with Gasteiger partial charge in [0.2, 0.25) is 11.8 Å². The molecule has 1 aliphatic rings. The van der Waals surface area contributed by atoms with Crippen molar-refractivity contribution < 1.29 is 9.59 Å². The van der Waals surface area contributed by atoms with E-state index in [4.69, 9.17) is 0 Å². The number of benzene rings is 2. The number of amides is 2. The molecule has 5 nitrogen and oxygen atoms in total. The van der Waals surface area contributed by atoms with Crippen molar-refractivity contribution in [2.24, 2.45) is 5.92 Å². The Labute approximate surface area is 167 Å². The second-order valence-electron chi connectivity index (χ2n) is 8.00. The Morgan fingerprint density at radius 1 is 1.14 bits per heavy atom. The second kappa shape index (κ2) is 8.05. The molecule has 0 aliphatic carbocycles. The Hall–Kier alpha value is -2.82. The van der Waals surface area contributed by atoms with Crippen molar-refractivity contribution >= 4 is 28.9 Å². The van der Waals surface area contributed by atoms with E-state index in [0.29, 0.717) is 12.5 Å². The molecule has 1 saturated heterocycles. The fourth-order valence-corrected chi connectivity index (χ4v) is 3.70. The quantitative estimate of drug-likeness (QED) is 0.848. The van der Waals surface area contributed by atoms with Gasteiger partial charge >= 0.3 is 0 Å². The number of carbonyl (C=O) groups excluding carboxylic acids is 2. The molecule has 1 aliphatic heterocycles. The van der Waals surface area contributed by atoms with Gasteiger partial charge in [0.05, 0.1) is 5.92 Å². The Morgan fingerprint density at radius 3 is 2.43 bits per heavy atom. The first-order chi connectivity index (χ1) is 13.3. The fourth-order valence-electron chi connectivity index (χ4n) is 3.70. The van der Waals surface area contributed by atoms with Crippen LogP contribution in [-0.4, -0.2) is 32.5 Å². The van der Waals surface area contributed by atoms with E-state index in [1.54, 1.807) is 4.90 Å². The third-order valence-corrected chi connectivity index (χ3v) is 5.31. The third kappa shape index (κ3) is 4.03. The molecule has 1 unspecified atom stereocenters. The summed E-state index contributed by atoms with van der Waals surface area (Å²) >= 11 is 0. The Kier molecular flexibility index (Phi) is 5.73. The van der Waals surface area contributed by atoms with Crippen LogP contribution >= 0.6 is 0 Å². The van der Waals surface area contributed by atoms with Crippen LogP contribution in [-0.2, 0) is 9.59 Å². The van der Waals surface area contributed by atoms with Crippen molar-refractivity contribution in [3.05, 3.63) is 53.6 Å². The van der Waals surface area contributed by atoms with Gasteiger partial charge in [0.15, 0.2) is 0 Å². The van der Waals surface area contributed by atoms with Crippen LogP contribution < -0.4 is 15.1 Å². The highest BCUT2D eigenvalue weighted by Gasteiger charge is 2.36. The van der Waals surface area contributed by atoms with Crippen molar-refractivity contribution in [1.29, 1.82) is 0 Å². The zero-order chi connectivity index (χ0) is 20.4. The number of para-hydroxylation sites is 1. The normalized spacial score (nSPS) is 16.6. The number of aryl methyl sites for hydroxylation is 1. The van der Waals surface area contributed by atoms with E-state index in [-0.39, 0.29) is 24.2 Å². The lowest BCUT2D eigenvalue weighted by atomic mass is 9.97. The van der Waals surface area contributed by atoms with Gasteiger partial charge in [-0.15, -0.1) is 0 Å². The lowest BCUT2D eigenvalue weighted by Gasteiger charge is -2.24. The topological polar surface area (TPSA) is 52.7 Å². The maximum Gasteiger partial charge on any atom is 0.229 e. The monoisotopic (exact) mass is 379 g/mol. The maximum atomic E-state index is 12.8. The predicted molar refractivity (Wildman–Crippen MR) is 115 cm³/mol. The minimum atomic E-state index is -0.347. The molecular weight excluding hydrogens is 350 g/mol. The van der Waals surface area contributed by atoms with Gasteiger partial charge in [-0.2, -0.15) is 0 Å². The number of hydrogen-bond acceptors (Lipinski definition) is 3. The highest BCUT2D eigenvalue weighted by molar-refractivity contribution is 6.04. The molecule has 1 atom stereocenters. The summed E-state index contributed by atoms with van der Waals surface area (Å²) in [6.07, 6.45) is 0.244.